The van der Waals surface area contributed by atoms with Gasteiger partial charge in [0.15, 0.2) is 5.76 Å². The average molecular weight is 423 g/mol. The van der Waals surface area contributed by atoms with Gasteiger partial charge in [-0.1, -0.05) is 35.9 Å². The molecule has 0 saturated carbocycles. The molecule has 0 saturated heterocycles. The SMILES string of the molecule is Cc1c(OC(=O)Cc2ccc(Cl)cc2)ccc2c1O/C(=C\c1ccc(F)cc1)C2=O. The van der Waals surface area contributed by atoms with Crippen molar-refractivity contribution in [1.29, 1.82) is 0 Å². The van der Waals surface area contributed by atoms with E-state index in [4.69, 9.17) is 21.1 Å². The van der Waals surface area contributed by atoms with E-state index in [1.807, 2.05) is 0 Å². The number of Topliss-reactive ketones (excluding diaryl/α,β-unsaturated/α-hetero) is 1. The Hall–Kier alpha value is -3.44. The third-order valence-corrected chi connectivity index (χ3v) is 4.94. The topological polar surface area (TPSA) is 52.6 Å². The summed E-state index contributed by atoms with van der Waals surface area (Å²) >= 11 is 5.86. The number of carbonyl (C=O) groups excluding carboxylic acids is 2. The van der Waals surface area contributed by atoms with Crippen molar-refractivity contribution in [3.63, 3.8) is 0 Å². The van der Waals surface area contributed by atoms with Crippen LogP contribution < -0.4 is 9.47 Å². The van der Waals surface area contributed by atoms with Gasteiger partial charge in [0, 0.05) is 10.6 Å². The van der Waals surface area contributed by atoms with Gasteiger partial charge in [0.1, 0.15) is 17.3 Å². The number of benzene rings is 3. The van der Waals surface area contributed by atoms with Crippen LogP contribution in [-0.4, -0.2) is 11.8 Å². The number of halogens is 2. The molecule has 1 aliphatic rings. The lowest BCUT2D eigenvalue weighted by Crippen LogP contribution is -2.12. The van der Waals surface area contributed by atoms with E-state index in [1.54, 1.807) is 61.5 Å². The molecule has 0 aromatic heterocycles. The van der Waals surface area contributed by atoms with Gasteiger partial charge in [0.25, 0.3) is 0 Å². The Balaban J connectivity index is 1.53. The monoisotopic (exact) mass is 422 g/mol. The van der Waals surface area contributed by atoms with Crippen LogP contribution in [0.2, 0.25) is 5.02 Å². The Kier molecular flexibility index (Phi) is 5.38. The van der Waals surface area contributed by atoms with Crippen LogP contribution in [0.5, 0.6) is 11.5 Å². The van der Waals surface area contributed by atoms with Crippen LogP contribution in [0.1, 0.15) is 27.0 Å². The molecule has 3 aromatic rings. The number of ether oxygens (including phenoxy) is 2. The van der Waals surface area contributed by atoms with E-state index in [0.29, 0.717) is 33.2 Å². The zero-order valence-corrected chi connectivity index (χ0v) is 16.7. The quantitative estimate of drug-likeness (QED) is 0.314. The summed E-state index contributed by atoms with van der Waals surface area (Å²) < 4.78 is 24.3. The number of hydrogen-bond donors (Lipinski definition) is 0. The van der Waals surface area contributed by atoms with Crippen LogP contribution in [0.15, 0.2) is 66.4 Å². The van der Waals surface area contributed by atoms with Gasteiger partial charge in [-0.2, -0.15) is 0 Å². The Morgan fingerprint density at radius 2 is 1.77 bits per heavy atom. The second-order valence-corrected chi connectivity index (χ2v) is 7.27. The molecule has 6 heteroatoms. The van der Waals surface area contributed by atoms with E-state index >= 15 is 0 Å². The fraction of sp³-hybridized carbons (Fsp3) is 0.0833. The normalized spacial score (nSPS) is 13.8. The summed E-state index contributed by atoms with van der Waals surface area (Å²) in [6.07, 6.45) is 1.64. The van der Waals surface area contributed by atoms with Gasteiger partial charge < -0.3 is 9.47 Å². The summed E-state index contributed by atoms with van der Waals surface area (Å²) in [6, 6.07) is 15.8. The van der Waals surface area contributed by atoms with Gasteiger partial charge >= 0.3 is 5.97 Å². The summed E-state index contributed by atoms with van der Waals surface area (Å²) in [5.41, 5.74) is 2.35. The lowest BCUT2D eigenvalue weighted by molar-refractivity contribution is -0.133. The molecule has 0 radical (unpaired) electrons. The van der Waals surface area contributed by atoms with Crippen molar-refractivity contribution >= 4 is 29.4 Å². The molecular formula is C24H16ClFO4. The molecule has 0 atom stereocenters. The van der Waals surface area contributed by atoms with Crippen LogP contribution in [0.3, 0.4) is 0 Å². The first-order valence-electron chi connectivity index (χ1n) is 9.19. The van der Waals surface area contributed by atoms with Gasteiger partial charge in [0.05, 0.1) is 12.0 Å². The molecule has 0 aliphatic carbocycles. The minimum absolute atomic E-state index is 0.0865. The second kappa shape index (κ2) is 8.13. The number of esters is 1. The van der Waals surface area contributed by atoms with Gasteiger partial charge in [0.2, 0.25) is 5.78 Å². The van der Waals surface area contributed by atoms with Crippen LogP contribution in [0, 0.1) is 12.7 Å². The van der Waals surface area contributed by atoms with Crippen molar-refractivity contribution in [3.05, 3.63) is 99.5 Å². The Morgan fingerprint density at radius 1 is 1.07 bits per heavy atom. The highest BCUT2D eigenvalue weighted by molar-refractivity contribution is 6.30. The Morgan fingerprint density at radius 3 is 2.47 bits per heavy atom. The van der Waals surface area contributed by atoms with Gasteiger partial charge in [-0.3, -0.25) is 9.59 Å². The predicted molar refractivity (Wildman–Crippen MR) is 111 cm³/mol. The molecule has 0 bridgehead atoms. The maximum absolute atomic E-state index is 13.1. The summed E-state index contributed by atoms with van der Waals surface area (Å²) in [6.45, 7) is 1.72. The van der Waals surface area contributed by atoms with E-state index in [1.165, 1.54) is 12.1 Å². The van der Waals surface area contributed by atoms with E-state index < -0.39 is 5.97 Å². The van der Waals surface area contributed by atoms with Gasteiger partial charge in [-0.05, 0) is 60.5 Å². The van der Waals surface area contributed by atoms with E-state index in [2.05, 4.69) is 0 Å². The van der Waals surface area contributed by atoms with Crippen LogP contribution in [0.25, 0.3) is 6.08 Å². The highest BCUT2D eigenvalue weighted by atomic mass is 35.5. The molecule has 4 rings (SSSR count). The molecule has 0 N–H and O–H groups in total. The van der Waals surface area contributed by atoms with Crippen molar-refractivity contribution in [1.82, 2.24) is 0 Å². The van der Waals surface area contributed by atoms with Crippen molar-refractivity contribution in [2.45, 2.75) is 13.3 Å². The smallest absolute Gasteiger partial charge is 0.315 e. The first-order chi connectivity index (χ1) is 14.4. The number of fused-ring (bicyclic) bond motifs is 1. The minimum Gasteiger partial charge on any atom is -0.452 e. The molecule has 1 aliphatic heterocycles. The van der Waals surface area contributed by atoms with Crippen molar-refractivity contribution in [2.75, 3.05) is 0 Å². The van der Waals surface area contributed by atoms with Gasteiger partial charge in [-0.15, -0.1) is 0 Å². The Labute approximate surface area is 177 Å². The lowest BCUT2D eigenvalue weighted by Gasteiger charge is -2.10. The molecule has 1 heterocycles. The maximum Gasteiger partial charge on any atom is 0.315 e. The molecule has 0 amide bonds. The lowest BCUT2D eigenvalue weighted by atomic mass is 10.1. The summed E-state index contributed by atoms with van der Waals surface area (Å²) in [5.74, 6) is -0.277. The number of ketones is 1. The van der Waals surface area contributed by atoms with Crippen LogP contribution >= 0.6 is 11.6 Å². The summed E-state index contributed by atoms with van der Waals surface area (Å²) in [4.78, 5) is 24.9. The van der Waals surface area contributed by atoms with Crippen LogP contribution in [0.4, 0.5) is 4.39 Å². The highest BCUT2D eigenvalue weighted by Crippen LogP contribution is 2.39. The summed E-state index contributed by atoms with van der Waals surface area (Å²) in [7, 11) is 0. The molecule has 0 spiro atoms. The van der Waals surface area contributed by atoms with Crippen molar-refractivity contribution in [2.24, 2.45) is 0 Å². The third kappa shape index (κ3) is 4.11. The standard InChI is InChI=1S/C24H16ClFO4/c1-14-20(29-22(27)13-16-2-6-17(25)7-3-16)11-10-19-23(28)21(30-24(14)19)12-15-4-8-18(26)9-5-15/h2-12H,13H2,1H3/b21-12-. The van der Waals surface area contributed by atoms with E-state index in [9.17, 15) is 14.0 Å². The third-order valence-electron chi connectivity index (χ3n) is 4.69. The number of carbonyl (C=O) groups is 2. The molecule has 150 valence electrons. The molecular weight excluding hydrogens is 407 g/mol. The molecule has 0 unspecified atom stereocenters. The number of allylic oxidation sites excluding steroid dienone is 1. The average Bonchev–Trinajstić information content (AvgIpc) is 3.04. The van der Waals surface area contributed by atoms with E-state index in [-0.39, 0.29) is 23.8 Å². The fourth-order valence-corrected chi connectivity index (χ4v) is 3.24. The maximum atomic E-state index is 13.1. The molecule has 30 heavy (non-hydrogen) atoms. The van der Waals surface area contributed by atoms with Crippen molar-refractivity contribution in [3.8, 4) is 11.5 Å². The van der Waals surface area contributed by atoms with Gasteiger partial charge in [-0.25, -0.2) is 4.39 Å². The number of rotatable bonds is 4. The molecule has 3 aromatic carbocycles. The second-order valence-electron chi connectivity index (χ2n) is 6.83. The number of hydrogen-bond acceptors (Lipinski definition) is 4. The zero-order valence-electron chi connectivity index (χ0n) is 15.9. The zero-order chi connectivity index (χ0) is 21.3. The highest BCUT2D eigenvalue weighted by Gasteiger charge is 2.30. The van der Waals surface area contributed by atoms with Crippen molar-refractivity contribution < 1.29 is 23.5 Å². The molecule has 4 nitrogen and oxygen atoms in total. The largest absolute Gasteiger partial charge is 0.452 e. The van der Waals surface area contributed by atoms with Crippen LogP contribution in [-0.2, 0) is 11.2 Å². The fourth-order valence-electron chi connectivity index (χ4n) is 3.12. The Bertz CT molecular complexity index is 1170. The summed E-state index contributed by atoms with van der Waals surface area (Å²) in [5, 5.41) is 0.591. The first kappa shape index (κ1) is 19.9. The first-order valence-corrected chi connectivity index (χ1v) is 9.57. The minimum atomic E-state index is -0.438. The predicted octanol–water partition coefficient (Wildman–Crippen LogP) is 5.55. The molecule has 0 fully saturated rings. The van der Waals surface area contributed by atoms with E-state index in [0.717, 1.165) is 5.56 Å².